The first-order chi connectivity index (χ1) is 17.3. The van der Waals surface area contributed by atoms with Crippen molar-refractivity contribution in [2.24, 2.45) is 17.8 Å². The number of carbonyl (C=O) groups is 2. The fraction of sp³-hybridized carbons (Fsp3) is 0.556. The number of anilines is 2. The van der Waals surface area contributed by atoms with Crippen LogP contribution in [0, 0.1) is 17.8 Å². The van der Waals surface area contributed by atoms with Crippen molar-refractivity contribution in [1.29, 1.82) is 0 Å². The van der Waals surface area contributed by atoms with Crippen LogP contribution in [0.25, 0.3) is 0 Å². The molecule has 4 saturated carbocycles. The van der Waals surface area contributed by atoms with Gasteiger partial charge in [-0.05, 0) is 81.0 Å². The fourth-order valence-electron chi connectivity index (χ4n) is 7.36. The van der Waals surface area contributed by atoms with Gasteiger partial charge in [-0.25, -0.2) is 14.8 Å². The molecule has 3 heterocycles. The molecule has 0 spiro atoms. The second-order valence-electron chi connectivity index (χ2n) is 11.3. The molecule has 3 N–H and O–H groups in total. The van der Waals surface area contributed by atoms with Gasteiger partial charge in [0.25, 0.3) is 5.91 Å². The summed E-state index contributed by atoms with van der Waals surface area (Å²) in [7, 11) is 0. The van der Waals surface area contributed by atoms with Crippen LogP contribution in [0.15, 0.2) is 36.5 Å². The summed E-state index contributed by atoms with van der Waals surface area (Å²) in [6.45, 7) is 4.27. The summed E-state index contributed by atoms with van der Waals surface area (Å²) in [5, 5.41) is 23.2. The number of nitrogens with one attached hydrogen (secondary N) is 1. The lowest BCUT2D eigenvalue weighted by molar-refractivity contribution is -0.136. The molecule has 3 atom stereocenters. The van der Waals surface area contributed by atoms with E-state index in [0.717, 1.165) is 50.3 Å². The van der Waals surface area contributed by atoms with Gasteiger partial charge in [0.15, 0.2) is 0 Å². The van der Waals surface area contributed by atoms with Gasteiger partial charge in [-0.15, -0.1) is 0 Å². The number of hydrogen-bond donors (Lipinski definition) is 3. The highest BCUT2D eigenvalue weighted by Crippen LogP contribution is 2.55. The van der Waals surface area contributed by atoms with Crippen molar-refractivity contribution >= 4 is 23.5 Å². The highest BCUT2D eigenvalue weighted by molar-refractivity contribution is 5.93. The van der Waals surface area contributed by atoms with E-state index in [-0.39, 0.29) is 23.6 Å². The molecule has 2 aromatic heterocycles. The van der Waals surface area contributed by atoms with Crippen LogP contribution in [0.1, 0.15) is 59.9 Å². The van der Waals surface area contributed by atoms with Crippen molar-refractivity contribution in [3.05, 3.63) is 47.8 Å². The average molecular weight is 492 g/mol. The number of hydrogen-bond acceptors (Lipinski definition) is 7. The molecule has 5 aliphatic rings. The molecule has 1 saturated heterocycles. The van der Waals surface area contributed by atoms with E-state index in [0.29, 0.717) is 36.5 Å². The van der Waals surface area contributed by atoms with Gasteiger partial charge in [-0.3, -0.25) is 4.79 Å². The summed E-state index contributed by atoms with van der Waals surface area (Å²) < 4.78 is 0. The number of aromatic nitrogens is 2. The molecule has 36 heavy (non-hydrogen) atoms. The SMILES string of the molecule is CC1CN(c2ccc(C(=O)O)cn2)CCN1c1cccc(C(=O)NC2C3CC4CC2CC(O)(C4)C3)n1. The van der Waals surface area contributed by atoms with E-state index in [1.165, 1.54) is 6.20 Å². The average Bonchev–Trinajstić information content (AvgIpc) is 2.85. The quantitative estimate of drug-likeness (QED) is 0.584. The number of carboxylic acids is 1. The second-order valence-corrected chi connectivity index (χ2v) is 11.3. The maximum atomic E-state index is 13.2. The van der Waals surface area contributed by atoms with Crippen molar-refractivity contribution in [3.8, 4) is 0 Å². The summed E-state index contributed by atoms with van der Waals surface area (Å²) in [6.07, 6.45) is 6.13. The number of nitrogens with zero attached hydrogens (tertiary/aromatic N) is 4. The summed E-state index contributed by atoms with van der Waals surface area (Å²) >= 11 is 0. The van der Waals surface area contributed by atoms with E-state index in [2.05, 4.69) is 27.0 Å². The lowest BCUT2D eigenvalue weighted by Crippen LogP contribution is -2.61. The molecule has 9 heteroatoms. The molecule has 7 rings (SSSR count). The first kappa shape index (κ1) is 23.2. The number of carbonyl (C=O) groups excluding carboxylic acids is 1. The molecule has 0 radical (unpaired) electrons. The van der Waals surface area contributed by atoms with Crippen LogP contribution in [0.5, 0.6) is 0 Å². The van der Waals surface area contributed by atoms with Crippen LogP contribution in [-0.4, -0.2) is 69.4 Å². The number of rotatable bonds is 5. The van der Waals surface area contributed by atoms with Gasteiger partial charge in [0.1, 0.15) is 17.3 Å². The third-order valence-corrected chi connectivity index (χ3v) is 8.75. The van der Waals surface area contributed by atoms with Crippen LogP contribution < -0.4 is 15.1 Å². The maximum absolute atomic E-state index is 13.2. The zero-order valence-corrected chi connectivity index (χ0v) is 20.5. The van der Waals surface area contributed by atoms with Crippen molar-refractivity contribution < 1.29 is 19.8 Å². The van der Waals surface area contributed by atoms with E-state index in [4.69, 9.17) is 10.1 Å². The Kier molecular flexibility index (Phi) is 5.63. The molecule has 1 aliphatic heterocycles. The van der Waals surface area contributed by atoms with E-state index in [1.54, 1.807) is 18.2 Å². The van der Waals surface area contributed by atoms with E-state index in [9.17, 15) is 14.7 Å². The van der Waals surface area contributed by atoms with Gasteiger partial charge in [-0.2, -0.15) is 0 Å². The standard InChI is InChI=1S/C27H33N5O4/c1-16-15-31(22-6-5-18(14-28-22)26(34)35)7-8-32(16)23-4-2-3-21(29-23)25(33)30-24-19-9-17-10-20(24)13-27(36,11-17)12-19/h2-6,14,16-17,19-20,24,36H,7-13,15H2,1H3,(H,30,33)(H,34,35). The Balaban J connectivity index is 1.11. The van der Waals surface area contributed by atoms with Crippen LogP contribution in [0.2, 0.25) is 0 Å². The predicted octanol–water partition coefficient (Wildman–Crippen LogP) is 2.56. The summed E-state index contributed by atoms with van der Waals surface area (Å²) in [6, 6.07) is 9.20. The number of amides is 1. The van der Waals surface area contributed by atoms with Gasteiger partial charge in [-0.1, -0.05) is 6.07 Å². The van der Waals surface area contributed by atoms with Crippen molar-refractivity contribution in [2.45, 2.75) is 56.7 Å². The number of piperazine rings is 1. The molecular weight excluding hydrogens is 458 g/mol. The lowest BCUT2D eigenvalue weighted by Gasteiger charge is -2.58. The minimum Gasteiger partial charge on any atom is -0.478 e. The minimum absolute atomic E-state index is 0.127. The van der Waals surface area contributed by atoms with Gasteiger partial charge in [0, 0.05) is 37.9 Å². The molecule has 0 aromatic carbocycles. The van der Waals surface area contributed by atoms with Gasteiger partial charge < -0.3 is 25.3 Å². The molecule has 9 nitrogen and oxygen atoms in total. The number of aliphatic hydroxyl groups is 1. The third kappa shape index (κ3) is 4.19. The van der Waals surface area contributed by atoms with Crippen LogP contribution in [0.3, 0.4) is 0 Å². The number of aromatic carboxylic acids is 1. The Morgan fingerprint density at radius 1 is 1.06 bits per heavy atom. The first-order valence-electron chi connectivity index (χ1n) is 13.0. The molecule has 190 valence electrons. The minimum atomic E-state index is -0.983. The van der Waals surface area contributed by atoms with Crippen LogP contribution in [0.4, 0.5) is 11.6 Å². The largest absolute Gasteiger partial charge is 0.478 e. The Bertz CT molecular complexity index is 1160. The first-order valence-corrected chi connectivity index (χ1v) is 13.0. The molecule has 4 aliphatic carbocycles. The molecule has 3 unspecified atom stereocenters. The van der Waals surface area contributed by atoms with Gasteiger partial charge in [0.2, 0.25) is 0 Å². The Morgan fingerprint density at radius 2 is 1.83 bits per heavy atom. The summed E-state index contributed by atoms with van der Waals surface area (Å²) in [4.78, 5) is 37.7. The van der Waals surface area contributed by atoms with Crippen LogP contribution in [-0.2, 0) is 0 Å². The lowest BCUT2D eigenvalue weighted by atomic mass is 9.52. The number of carboxylic acid groups (broad SMARTS) is 1. The maximum Gasteiger partial charge on any atom is 0.337 e. The predicted molar refractivity (Wildman–Crippen MR) is 134 cm³/mol. The normalized spacial score (nSPS) is 33.0. The number of pyridine rings is 2. The summed E-state index contributed by atoms with van der Waals surface area (Å²) in [5.74, 6) is 1.75. The highest BCUT2D eigenvalue weighted by atomic mass is 16.4. The van der Waals surface area contributed by atoms with E-state index in [1.807, 2.05) is 12.1 Å². The van der Waals surface area contributed by atoms with Crippen molar-refractivity contribution in [3.63, 3.8) is 0 Å². The third-order valence-electron chi connectivity index (χ3n) is 8.75. The topological polar surface area (TPSA) is 119 Å². The fourth-order valence-corrected chi connectivity index (χ4v) is 7.36. The Morgan fingerprint density at radius 3 is 2.47 bits per heavy atom. The van der Waals surface area contributed by atoms with Crippen LogP contribution >= 0.6 is 0 Å². The molecule has 5 fully saturated rings. The van der Waals surface area contributed by atoms with E-state index < -0.39 is 11.6 Å². The molecule has 2 aromatic rings. The molecular formula is C27H33N5O4. The summed E-state index contributed by atoms with van der Waals surface area (Å²) in [5.41, 5.74) is 0.0944. The monoisotopic (exact) mass is 491 g/mol. The Labute approximate surface area is 210 Å². The molecule has 1 amide bonds. The van der Waals surface area contributed by atoms with Gasteiger partial charge in [0.05, 0.1) is 11.2 Å². The Hall–Kier alpha value is -3.20. The zero-order chi connectivity index (χ0) is 25.0. The molecule has 4 bridgehead atoms. The zero-order valence-electron chi connectivity index (χ0n) is 20.5. The smallest absolute Gasteiger partial charge is 0.337 e. The van der Waals surface area contributed by atoms with Gasteiger partial charge >= 0.3 is 5.97 Å². The van der Waals surface area contributed by atoms with Crippen molar-refractivity contribution in [2.75, 3.05) is 29.4 Å². The second kappa shape index (κ2) is 8.73. The van der Waals surface area contributed by atoms with E-state index >= 15 is 0 Å². The highest BCUT2D eigenvalue weighted by Gasteiger charge is 2.55. The van der Waals surface area contributed by atoms with Crippen molar-refractivity contribution in [1.82, 2.24) is 15.3 Å².